The lowest BCUT2D eigenvalue weighted by Gasteiger charge is -2.26. The summed E-state index contributed by atoms with van der Waals surface area (Å²) >= 11 is 0. The SMILES string of the molecule is CCCC1CN(c2ccc(F)c(F)c2)CCCN1. The summed E-state index contributed by atoms with van der Waals surface area (Å²) < 4.78 is 26.2. The first-order valence-electron chi connectivity index (χ1n) is 6.64. The highest BCUT2D eigenvalue weighted by Crippen LogP contribution is 2.20. The Labute approximate surface area is 107 Å². The summed E-state index contributed by atoms with van der Waals surface area (Å²) in [4.78, 5) is 2.14. The highest BCUT2D eigenvalue weighted by atomic mass is 19.2. The van der Waals surface area contributed by atoms with E-state index in [4.69, 9.17) is 0 Å². The van der Waals surface area contributed by atoms with E-state index in [1.807, 2.05) is 0 Å². The average molecular weight is 254 g/mol. The average Bonchev–Trinajstić information content (AvgIpc) is 2.59. The maximum atomic E-state index is 13.3. The molecular weight excluding hydrogens is 234 g/mol. The lowest BCUT2D eigenvalue weighted by molar-refractivity contribution is 0.499. The molecule has 1 unspecified atom stereocenters. The molecule has 0 aromatic heterocycles. The Morgan fingerprint density at radius 2 is 2.17 bits per heavy atom. The van der Waals surface area contributed by atoms with Gasteiger partial charge in [-0.1, -0.05) is 13.3 Å². The quantitative estimate of drug-likeness (QED) is 0.892. The van der Waals surface area contributed by atoms with Crippen molar-refractivity contribution in [2.24, 2.45) is 0 Å². The number of halogens is 2. The Balaban J connectivity index is 2.12. The zero-order chi connectivity index (χ0) is 13.0. The van der Waals surface area contributed by atoms with Crippen molar-refractivity contribution in [2.75, 3.05) is 24.5 Å². The molecule has 4 heteroatoms. The standard InChI is InChI=1S/C14H20F2N2/c1-2-4-11-10-18(8-3-7-17-11)12-5-6-13(15)14(16)9-12/h5-6,9,11,17H,2-4,7-8,10H2,1H3. The molecule has 0 amide bonds. The van der Waals surface area contributed by atoms with E-state index in [2.05, 4.69) is 17.1 Å². The molecule has 1 aromatic carbocycles. The van der Waals surface area contributed by atoms with Gasteiger partial charge in [0.15, 0.2) is 11.6 Å². The van der Waals surface area contributed by atoms with Gasteiger partial charge in [0.05, 0.1) is 0 Å². The van der Waals surface area contributed by atoms with E-state index in [1.165, 1.54) is 12.1 Å². The summed E-state index contributed by atoms with van der Waals surface area (Å²) in [5.41, 5.74) is 0.777. The summed E-state index contributed by atoms with van der Waals surface area (Å²) in [6.07, 6.45) is 3.27. The van der Waals surface area contributed by atoms with Crippen molar-refractivity contribution in [3.8, 4) is 0 Å². The van der Waals surface area contributed by atoms with E-state index in [9.17, 15) is 8.78 Å². The van der Waals surface area contributed by atoms with Crippen molar-refractivity contribution < 1.29 is 8.78 Å². The predicted molar refractivity (Wildman–Crippen MR) is 69.9 cm³/mol. The van der Waals surface area contributed by atoms with Gasteiger partial charge in [0.1, 0.15) is 0 Å². The third kappa shape index (κ3) is 3.19. The first-order chi connectivity index (χ1) is 8.70. The van der Waals surface area contributed by atoms with Crippen molar-refractivity contribution in [2.45, 2.75) is 32.2 Å². The van der Waals surface area contributed by atoms with E-state index in [0.29, 0.717) is 6.04 Å². The second-order valence-electron chi connectivity index (χ2n) is 4.84. The minimum atomic E-state index is -0.781. The van der Waals surface area contributed by atoms with E-state index in [0.717, 1.165) is 44.6 Å². The topological polar surface area (TPSA) is 15.3 Å². The molecule has 1 aromatic rings. The third-order valence-corrected chi connectivity index (χ3v) is 3.38. The molecule has 2 rings (SSSR count). The molecule has 1 N–H and O–H groups in total. The lowest BCUT2D eigenvalue weighted by Crippen LogP contribution is -2.37. The van der Waals surface area contributed by atoms with Gasteiger partial charge in [0.25, 0.3) is 0 Å². The van der Waals surface area contributed by atoms with Crippen LogP contribution in [-0.4, -0.2) is 25.7 Å². The van der Waals surface area contributed by atoms with E-state index in [-0.39, 0.29) is 0 Å². The van der Waals surface area contributed by atoms with Crippen molar-refractivity contribution >= 4 is 5.69 Å². The predicted octanol–water partition coefficient (Wildman–Crippen LogP) is 2.93. The Kier molecular flexibility index (Phi) is 4.53. The second-order valence-corrected chi connectivity index (χ2v) is 4.84. The summed E-state index contributed by atoms with van der Waals surface area (Å²) in [7, 11) is 0. The normalized spacial score (nSPS) is 20.8. The van der Waals surface area contributed by atoms with Gasteiger partial charge < -0.3 is 10.2 Å². The van der Waals surface area contributed by atoms with Crippen molar-refractivity contribution in [3.05, 3.63) is 29.8 Å². The zero-order valence-corrected chi connectivity index (χ0v) is 10.8. The summed E-state index contributed by atoms with van der Waals surface area (Å²) in [6.45, 7) is 4.90. The fraction of sp³-hybridized carbons (Fsp3) is 0.571. The van der Waals surface area contributed by atoms with Gasteiger partial charge in [-0.15, -0.1) is 0 Å². The molecule has 2 nitrogen and oxygen atoms in total. The molecule has 0 saturated carbocycles. The minimum absolute atomic E-state index is 0.436. The number of rotatable bonds is 3. The maximum absolute atomic E-state index is 13.3. The maximum Gasteiger partial charge on any atom is 0.160 e. The first kappa shape index (κ1) is 13.3. The third-order valence-electron chi connectivity index (χ3n) is 3.38. The lowest BCUT2D eigenvalue weighted by atomic mass is 10.1. The van der Waals surface area contributed by atoms with Crippen LogP contribution >= 0.6 is 0 Å². The fourth-order valence-electron chi connectivity index (χ4n) is 2.46. The van der Waals surface area contributed by atoms with E-state index < -0.39 is 11.6 Å². The molecule has 18 heavy (non-hydrogen) atoms. The van der Waals surface area contributed by atoms with Crippen LogP contribution < -0.4 is 10.2 Å². The first-order valence-corrected chi connectivity index (χ1v) is 6.64. The van der Waals surface area contributed by atoms with Gasteiger partial charge in [0, 0.05) is 30.9 Å². The van der Waals surface area contributed by atoms with Gasteiger partial charge in [-0.05, 0) is 31.5 Å². The summed E-state index contributed by atoms with van der Waals surface area (Å²) in [5.74, 6) is -1.55. The van der Waals surface area contributed by atoms with Gasteiger partial charge in [-0.25, -0.2) is 8.78 Å². The van der Waals surface area contributed by atoms with Gasteiger partial charge in [-0.3, -0.25) is 0 Å². The molecule has 1 saturated heterocycles. The Hall–Kier alpha value is -1.16. The smallest absolute Gasteiger partial charge is 0.160 e. The summed E-state index contributed by atoms with van der Waals surface area (Å²) in [5, 5.41) is 3.50. The van der Waals surface area contributed by atoms with Crippen LogP contribution in [0.3, 0.4) is 0 Å². The molecule has 100 valence electrons. The number of hydrogen-bond donors (Lipinski definition) is 1. The van der Waals surface area contributed by atoms with Crippen LogP contribution in [0.25, 0.3) is 0 Å². The molecule has 0 aliphatic carbocycles. The second kappa shape index (κ2) is 6.14. The molecule has 1 fully saturated rings. The number of hydrogen-bond acceptors (Lipinski definition) is 2. The van der Waals surface area contributed by atoms with Crippen LogP contribution in [0.2, 0.25) is 0 Å². The molecule has 1 aliphatic heterocycles. The number of nitrogens with one attached hydrogen (secondary N) is 1. The van der Waals surface area contributed by atoms with Crippen LogP contribution in [0.1, 0.15) is 26.2 Å². The zero-order valence-electron chi connectivity index (χ0n) is 10.8. The van der Waals surface area contributed by atoms with E-state index >= 15 is 0 Å². The molecule has 1 aliphatic rings. The molecule has 1 heterocycles. The van der Waals surface area contributed by atoms with Crippen molar-refractivity contribution in [3.63, 3.8) is 0 Å². The number of anilines is 1. The van der Waals surface area contributed by atoms with Crippen molar-refractivity contribution in [1.82, 2.24) is 5.32 Å². The van der Waals surface area contributed by atoms with Crippen LogP contribution in [0.15, 0.2) is 18.2 Å². The molecule has 1 atom stereocenters. The molecule has 0 bridgehead atoms. The highest BCUT2D eigenvalue weighted by molar-refractivity contribution is 5.47. The Morgan fingerprint density at radius 3 is 2.89 bits per heavy atom. The van der Waals surface area contributed by atoms with Gasteiger partial charge in [-0.2, -0.15) is 0 Å². The van der Waals surface area contributed by atoms with Crippen LogP contribution in [-0.2, 0) is 0 Å². The summed E-state index contributed by atoms with van der Waals surface area (Å²) in [6, 6.07) is 4.60. The minimum Gasteiger partial charge on any atom is -0.370 e. The fourth-order valence-corrected chi connectivity index (χ4v) is 2.46. The largest absolute Gasteiger partial charge is 0.370 e. The van der Waals surface area contributed by atoms with Crippen LogP contribution in [0.4, 0.5) is 14.5 Å². The Morgan fingerprint density at radius 1 is 1.33 bits per heavy atom. The van der Waals surface area contributed by atoms with Gasteiger partial charge in [0.2, 0.25) is 0 Å². The van der Waals surface area contributed by atoms with Crippen LogP contribution in [0.5, 0.6) is 0 Å². The van der Waals surface area contributed by atoms with Crippen LogP contribution in [0, 0.1) is 11.6 Å². The number of benzene rings is 1. The molecule has 0 radical (unpaired) electrons. The van der Waals surface area contributed by atoms with E-state index in [1.54, 1.807) is 6.07 Å². The molecule has 0 spiro atoms. The monoisotopic (exact) mass is 254 g/mol. The Bertz CT molecular complexity index is 395. The number of nitrogens with zero attached hydrogens (tertiary/aromatic N) is 1. The van der Waals surface area contributed by atoms with Gasteiger partial charge >= 0.3 is 0 Å². The van der Waals surface area contributed by atoms with Crippen molar-refractivity contribution in [1.29, 1.82) is 0 Å². The molecular formula is C14H20F2N2. The highest BCUT2D eigenvalue weighted by Gasteiger charge is 2.18.